The average molecular weight is 291 g/mol. The number of nitrogens with one attached hydrogen (secondary N) is 1. The van der Waals surface area contributed by atoms with E-state index in [0.717, 1.165) is 36.7 Å². The van der Waals surface area contributed by atoms with Gasteiger partial charge in [0.2, 0.25) is 0 Å². The zero-order chi connectivity index (χ0) is 15.2. The Morgan fingerprint density at radius 3 is 2.48 bits per heavy atom. The highest BCUT2D eigenvalue weighted by atomic mass is 19.1. The number of aryl methyl sites for hydroxylation is 1. The molecule has 2 rings (SSSR count). The van der Waals surface area contributed by atoms with Crippen LogP contribution in [0.1, 0.15) is 30.6 Å². The van der Waals surface area contributed by atoms with E-state index in [1.54, 1.807) is 0 Å². The molecule has 0 radical (unpaired) electrons. The molecule has 2 aromatic carbocycles. The van der Waals surface area contributed by atoms with E-state index in [4.69, 9.17) is 0 Å². The number of rotatable bonds is 6. The molecule has 2 N–H and O–H groups in total. The molecule has 0 fully saturated rings. The first-order valence-electron chi connectivity index (χ1n) is 7.06. The van der Waals surface area contributed by atoms with Crippen molar-refractivity contribution in [2.75, 3.05) is 11.9 Å². The second-order valence-corrected chi connectivity index (χ2v) is 5.01. The van der Waals surface area contributed by atoms with Crippen molar-refractivity contribution in [3.63, 3.8) is 0 Å². The van der Waals surface area contributed by atoms with E-state index in [1.165, 1.54) is 5.56 Å². The van der Waals surface area contributed by atoms with Crippen LogP contribution in [-0.2, 0) is 6.42 Å². The summed E-state index contributed by atoms with van der Waals surface area (Å²) in [6.07, 6.45) is 1.01. The SMILES string of the molecule is CCCc1ccc(NCC(O)c2cc(F)ccc2F)cc1. The van der Waals surface area contributed by atoms with Crippen LogP contribution in [0.2, 0.25) is 0 Å². The van der Waals surface area contributed by atoms with Crippen molar-refractivity contribution in [2.45, 2.75) is 25.9 Å². The Morgan fingerprint density at radius 1 is 1.10 bits per heavy atom. The molecule has 1 atom stereocenters. The maximum atomic E-state index is 13.5. The molecule has 0 heterocycles. The lowest BCUT2D eigenvalue weighted by atomic mass is 10.1. The largest absolute Gasteiger partial charge is 0.386 e. The number of halogens is 2. The minimum absolute atomic E-state index is 0.0369. The molecule has 0 aliphatic heterocycles. The Balaban J connectivity index is 1.97. The topological polar surface area (TPSA) is 32.3 Å². The third-order valence-corrected chi connectivity index (χ3v) is 3.31. The van der Waals surface area contributed by atoms with Gasteiger partial charge in [0.25, 0.3) is 0 Å². The predicted octanol–water partition coefficient (Wildman–Crippen LogP) is 4.06. The van der Waals surface area contributed by atoms with Crippen LogP contribution in [0.4, 0.5) is 14.5 Å². The number of anilines is 1. The minimum atomic E-state index is -1.10. The molecule has 0 amide bonds. The predicted molar refractivity (Wildman–Crippen MR) is 80.2 cm³/mol. The summed E-state index contributed by atoms with van der Waals surface area (Å²) in [7, 11) is 0. The summed E-state index contributed by atoms with van der Waals surface area (Å²) < 4.78 is 26.6. The van der Waals surface area contributed by atoms with E-state index < -0.39 is 17.7 Å². The van der Waals surface area contributed by atoms with Gasteiger partial charge in [0.1, 0.15) is 11.6 Å². The molecule has 0 aliphatic carbocycles. The fourth-order valence-electron chi connectivity index (χ4n) is 2.17. The molecule has 0 saturated carbocycles. The first-order chi connectivity index (χ1) is 10.1. The summed E-state index contributed by atoms with van der Waals surface area (Å²) >= 11 is 0. The van der Waals surface area contributed by atoms with Crippen LogP contribution in [0, 0.1) is 11.6 Å². The Kier molecular flexibility index (Phi) is 5.28. The van der Waals surface area contributed by atoms with E-state index in [1.807, 2.05) is 24.3 Å². The smallest absolute Gasteiger partial charge is 0.129 e. The molecule has 0 aromatic heterocycles. The van der Waals surface area contributed by atoms with Crippen molar-refractivity contribution in [3.05, 3.63) is 65.2 Å². The molecule has 112 valence electrons. The Labute approximate surface area is 123 Å². The molecular weight excluding hydrogens is 272 g/mol. The van der Waals surface area contributed by atoms with Crippen LogP contribution in [0.5, 0.6) is 0 Å². The Morgan fingerprint density at radius 2 is 1.81 bits per heavy atom. The minimum Gasteiger partial charge on any atom is -0.386 e. The summed E-state index contributed by atoms with van der Waals surface area (Å²) in [6.45, 7) is 2.24. The van der Waals surface area contributed by atoms with Crippen LogP contribution in [0.3, 0.4) is 0 Å². The van der Waals surface area contributed by atoms with Crippen LogP contribution in [0.15, 0.2) is 42.5 Å². The van der Waals surface area contributed by atoms with Gasteiger partial charge < -0.3 is 10.4 Å². The third-order valence-electron chi connectivity index (χ3n) is 3.31. The fourth-order valence-corrected chi connectivity index (χ4v) is 2.17. The van der Waals surface area contributed by atoms with Crippen LogP contribution < -0.4 is 5.32 Å². The van der Waals surface area contributed by atoms with Gasteiger partial charge in [-0.05, 0) is 42.3 Å². The van der Waals surface area contributed by atoms with Crippen molar-refractivity contribution in [3.8, 4) is 0 Å². The van der Waals surface area contributed by atoms with Gasteiger partial charge >= 0.3 is 0 Å². The summed E-state index contributed by atoms with van der Waals surface area (Å²) in [5, 5.41) is 13.0. The summed E-state index contributed by atoms with van der Waals surface area (Å²) in [5.41, 5.74) is 2.05. The van der Waals surface area contributed by atoms with E-state index in [2.05, 4.69) is 12.2 Å². The van der Waals surface area contributed by atoms with Gasteiger partial charge in [-0.1, -0.05) is 25.5 Å². The lowest BCUT2D eigenvalue weighted by molar-refractivity contribution is 0.186. The molecule has 0 aliphatic rings. The van der Waals surface area contributed by atoms with E-state index in [-0.39, 0.29) is 12.1 Å². The molecule has 2 aromatic rings. The maximum Gasteiger partial charge on any atom is 0.129 e. The molecule has 2 nitrogen and oxygen atoms in total. The van der Waals surface area contributed by atoms with E-state index >= 15 is 0 Å². The summed E-state index contributed by atoms with van der Waals surface area (Å²) in [4.78, 5) is 0. The number of benzene rings is 2. The maximum absolute atomic E-state index is 13.5. The van der Waals surface area contributed by atoms with Gasteiger partial charge in [0.15, 0.2) is 0 Å². The molecule has 21 heavy (non-hydrogen) atoms. The zero-order valence-electron chi connectivity index (χ0n) is 11.9. The quantitative estimate of drug-likeness (QED) is 0.841. The highest BCUT2D eigenvalue weighted by Crippen LogP contribution is 2.19. The van der Waals surface area contributed by atoms with Crippen LogP contribution >= 0.6 is 0 Å². The standard InChI is InChI=1S/C17H19F2NO/c1-2-3-12-4-7-14(8-5-12)20-11-17(21)15-10-13(18)6-9-16(15)19/h4-10,17,20-21H,2-3,11H2,1H3. The second-order valence-electron chi connectivity index (χ2n) is 5.01. The van der Waals surface area contributed by atoms with Crippen molar-refractivity contribution in [1.82, 2.24) is 0 Å². The molecule has 0 saturated heterocycles. The summed E-state index contributed by atoms with van der Waals surface area (Å²) in [6, 6.07) is 10.9. The molecule has 1 unspecified atom stereocenters. The normalized spacial score (nSPS) is 12.2. The number of hydrogen-bond donors (Lipinski definition) is 2. The van der Waals surface area contributed by atoms with Gasteiger partial charge in [-0.2, -0.15) is 0 Å². The second kappa shape index (κ2) is 7.18. The van der Waals surface area contributed by atoms with E-state index in [0.29, 0.717) is 0 Å². The number of aliphatic hydroxyl groups excluding tert-OH is 1. The van der Waals surface area contributed by atoms with Crippen molar-refractivity contribution >= 4 is 5.69 Å². The monoisotopic (exact) mass is 291 g/mol. The van der Waals surface area contributed by atoms with Gasteiger partial charge in [-0.15, -0.1) is 0 Å². The van der Waals surface area contributed by atoms with Crippen LogP contribution in [-0.4, -0.2) is 11.7 Å². The first-order valence-corrected chi connectivity index (χ1v) is 7.06. The third kappa shape index (κ3) is 4.26. The van der Waals surface area contributed by atoms with Gasteiger partial charge in [0, 0.05) is 17.8 Å². The Bertz CT molecular complexity index is 584. The highest BCUT2D eigenvalue weighted by Gasteiger charge is 2.13. The Hall–Kier alpha value is -1.94. The number of hydrogen-bond acceptors (Lipinski definition) is 2. The average Bonchev–Trinajstić information content (AvgIpc) is 2.49. The summed E-state index contributed by atoms with van der Waals surface area (Å²) in [5.74, 6) is -1.17. The molecule has 0 bridgehead atoms. The van der Waals surface area contributed by atoms with Gasteiger partial charge in [-0.3, -0.25) is 0 Å². The molecule has 4 heteroatoms. The lowest BCUT2D eigenvalue weighted by Gasteiger charge is -2.14. The van der Waals surface area contributed by atoms with Crippen molar-refractivity contribution in [1.29, 1.82) is 0 Å². The first kappa shape index (κ1) is 15.4. The van der Waals surface area contributed by atoms with Gasteiger partial charge in [-0.25, -0.2) is 8.78 Å². The zero-order valence-corrected chi connectivity index (χ0v) is 11.9. The van der Waals surface area contributed by atoms with Gasteiger partial charge in [0.05, 0.1) is 6.10 Å². The highest BCUT2D eigenvalue weighted by molar-refractivity contribution is 5.45. The number of aliphatic hydroxyl groups is 1. The van der Waals surface area contributed by atoms with Crippen molar-refractivity contribution < 1.29 is 13.9 Å². The lowest BCUT2D eigenvalue weighted by Crippen LogP contribution is -2.13. The van der Waals surface area contributed by atoms with E-state index in [9.17, 15) is 13.9 Å². The fraction of sp³-hybridized carbons (Fsp3) is 0.294. The molecular formula is C17H19F2NO. The molecule has 0 spiro atoms. The van der Waals surface area contributed by atoms with Crippen LogP contribution in [0.25, 0.3) is 0 Å². The van der Waals surface area contributed by atoms with Crippen molar-refractivity contribution in [2.24, 2.45) is 0 Å².